The molecular formula is C21H20ClN3O3S2. The van der Waals surface area contributed by atoms with Crippen LogP contribution in [0.15, 0.2) is 71.6 Å². The SMILES string of the molecule is COc1ccc(Cl)cc1NC(=S)Nc1ccc(S(=O)(=O)Nc2ccccc2C)cc1. The summed E-state index contributed by atoms with van der Waals surface area (Å²) in [5, 5.41) is 6.87. The lowest BCUT2D eigenvalue weighted by Gasteiger charge is -2.14. The maximum absolute atomic E-state index is 12.6. The molecule has 9 heteroatoms. The zero-order valence-corrected chi connectivity index (χ0v) is 18.7. The molecule has 0 aromatic heterocycles. The summed E-state index contributed by atoms with van der Waals surface area (Å²) in [5.41, 5.74) is 2.63. The monoisotopic (exact) mass is 461 g/mol. The molecule has 0 unspecified atom stereocenters. The van der Waals surface area contributed by atoms with Gasteiger partial charge in [0, 0.05) is 10.7 Å². The molecule has 0 aliphatic rings. The Morgan fingerprint density at radius 2 is 1.67 bits per heavy atom. The summed E-state index contributed by atoms with van der Waals surface area (Å²) in [7, 11) is -2.15. The number of halogens is 1. The zero-order chi connectivity index (χ0) is 21.7. The molecule has 0 aliphatic heterocycles. The molecule has 3 rings (SSSR count). The van der Waals surface area contributed by atoms with E-state index in [0.717, 1.165) is 5.56 Å². The van der Waals surface area contributed by atoms with Crippen LogP contribution in [0.4, 0.5) is 17.1 Å². The molecule has 3 aromatic rings. The van der Waals surface area contributed by atoms with Crippen molar-refractivity contribution in [1.29, 1.82) is 0 Å². The quantitative estimate of drug-likeness (QED) is 0.434. The Morgan fingerprint density at radius 1 is 0.967 bits per heavy atom. The summed E-state index contributed by atoms with van der Waals surface area (Å²) < 4.78 is 33.2. The summed E-state index contributed by atoms with van der Waals surface area (Å²) in [6.45, 7) is 1.84. The van der Waals surface area contributed by atoms with Gasteiger partial charge in [-0.1, -0.05) is 29.8 Å². The van der Waals surface area contributed by atoms with Gasteiger partial charge in [0.25, 0.3) is 10.0 Å². The largest absolute Gasteiger partial charge is 0.495 e. The molecule has 156 valence electrons. The Hall–Kier alpha value is -2.81. The molecule has 0 saturated carbocycles. The van der Waals surface area contributed by atoms with E-state index in [2.05, 4.69) is 15.4 Å². The van der Waals surface area contributed by atoms with Gasteiger partial charge in [-0.25, -0.2) is 8.42 Å². The maximum atomic E-state index is 12.6. The van der Waals surface area contributed by atoms with Gasteiger partial charge in [-0.2, -0.15) is 0 Å². The highest BCUT2D eigenvalue weighted by Gasteiger charge is 2.15. The van der Waals surface area contributed by atoms with Gasteiger partial charge in [0.15, 0.2) is 5.11 Å². The Kier molecular flexibility index (Phi) is 6.81. The number of sulfonamides is 1. The average Bonchev–Trinajstić information content (AvgIpc) is 2.70. The van der Waals surface area contributed by atoms with Crippen LogP contribution < -0.4 is 20.1 Å². The fourth-order valence-corrected chi connectivity index (χ4v) is 4.20. The van der Waals surface area contributed by atoms with Crippen LogP contribution in [0.25, 0.3) is 0 Å². The Bertz CT molecular complexity index is 1170. The minimum atomic E-state index is -3.70. The lowest BCUT2D eigenvalue weighted by Crippen LogP contribution is -2.19. The van der Waals surface area contributed by atoms with Gasteiger partial charge >= 0.3 is 0 Å². The van der Waals surface area contributed by atoms with E-state index >= 15 is 0 Å². The summed E-state index contributed by atoms with van der Waals surface area (Å²) in [6.07, 6.45) is 0. The second-order valence-corrected chi connectivity index (χ2v) is 8.90. The van der Waals surface area contributed by atoms with E-state index in [-0.39, 0.29) is 4.90 Å². The van der Waals surface area contributed by atoms with Crippen LogP contribution >= 0.6 is 23.8 Å². The lowest BCUT2D eigenvalue weighted by atomic mass is 10.2. The maximum Gasteiger partial charge on any atom is 0.261 e. The highest BCUT2D eigenvalue weighted by Crippen LogP contribution is 2.28. The van der Waals surface area contributed by atoms with Crippen molar-refractivity contribution in [1.82, 2.24) is 0 Å². The number of hydrogen-bond donors (Lipinski definition) is 3. The molecule has 0 atom stereocenters. The van der Waals surface area contributed by atoms with Crippen molar-refractivity contribution < 1.29 is 13.2 Å². The van der Waals surface area contributed by atoms with Crippen molar-refractivity contribution in [3.8, 4) is 5.75 Å². The minimum absolute atomic E-state index is 0.145. The van der Waals surface area contributed by atoms with E-state index in [4.69, 9.17) is 28.6 Å². The van der Waals surface area contributed by atoms with Gasteiger partial charge in [-0.05, 0) is 73.2 Å². The summed E-state index contributed by atoms with van der Waals surface area (Å²) in [4.78, 5) is 0.145. The van der Waals surface area contributed by atoms with E-state index in [1.807, 2.05) is 19.1 Å². The molecule has 3 aromatic carbocycles. The van der Waals surface area contributed by atoms with Crippen LogP contribution in [-0.4, -0.2) is 20.6 Å². The first-order valence-corrected chi connectivity index (χ1v) is 11.2. The summed E-state index contributed by atoms with van der Waals surface area (Å²) >= 11 is 11.3. The number of rotatable bonds is 6. The van der Waals surface area contributed by atoms with E-state index in [1.165, 1.54) is 12.1 Å². The first-order valence-electron chi connectivity index (χ1n) is 8.88. The van der Waals surface area contributed by atoms with E-state index < -0.39 is 10.0 Å². The van der Waals surface area contributed by atoms with E-state index in [9.17, 15) is 8.42 Å². The average molecular weight is 462 g/mol. The van der Waals surface area contributed by atoms with E-state index in [0.29, 0.717) is 32.9 Å². The predicted molar refractivity (Wildman–Crippen MR) is 126 cm³/mol. The topological polar surface area (TPSA) is 79.5 Å². The highest BCUT2D eigenvalue weighted by atomic mass is 35.5. The third kappa shape index (κ3) is 5.41. The zero-order valence-electron chi connectivity index (χ0n) is 16.3. The van der Waals surface area contributed by atoms with Gasteiger partial charge < -0.3 is 15.4 Å². The lowest BCUT2D eigenvalue weighted by molar-refractivity contribution is 0.417. The van der Waals surface area contributed by atoms with Crippen molar-refractivity contribution in [2.75, 3.05) is 22.5 Å². The Labute approximate surface area is 186 Å². The first-order chi connectivity index (χ1) is 14.3. The summed E-state index contributed by atoms with van der Waals surface area (Å²) in [5.74, 6) is 0.590. The molecule has 0 heterocycles. The standard InChI is InChI=1S/C21H20ClN3O3S2/c1-14-5-3-4-6-18(14)25-30(26,27)17-10-8-16(9-11-17)23-21(29)24-19-13-15(22)7-12-20(19)28-2/h3-13,25H,1-2H3,(H2,23,24,29). The summed E-state index contributed by atoms with van der Waals surface area (Å²) in [6, 6.07) is 18.6. The number of anilines is 3. The minimum Gasteiger partial charge on any atom is -0.495 e. The third-order valence-corrected chi connectivity index (χ3v) is 6.04. The fourth-order valence-electron chi connectivity index (χ4n) is 2.67. The number of thiocarbonyl (C=S) groups is 1. The van der Waals surface area contributed by atoms with Crippen LogP contribution in [0, 0.1) is 6.92 Å². The molecule has 0 saturated heterocycles. The first kappa shape index (κ1) is 21.9. The number of aryl methyl sites for hydroxylation is 1. The van der Waals surface area contributed by atoms with Crippen LogP contribution in [0.3, 0.4) is 0 Å². The van der Waals surface area contributed by atoms with Gasteiger partial charge in [0.2, 0.25) is 0 Å². The van der Waals surface area contributed by atoms with Gasteiger partial charge in [0.05, 0.1) is 23.4 Å². The second-order valence-electron chi connectivity index (χ2n) is 6.37. The molecule has 0 aliphatic carbocycles. The van der Waals surface area contributed by atoms with Crippen LogP contribution in [0.5, 0.6) is 5.75 Å². The smallest absolute Gasteiger partial charge is 0.261 e. The number of nitrogens with one attached hydrogen (secondary N) is 3. The van der Waals surface area contributed by atoms with Crippen LogP contribution in [0.1, 0.15) is 5.56 Å². The molecule has 0 radical (unpaired) electrons. The predicted octanol–water partition coefficient (Wildman–Crippen LogP) is 5.27. The second kappa shape index (κ2) is 9.34. The molecule has 0 fully saturated rings. The van der Waals surface area contributed by atoms with E-state index in [1.54, 1.807) is 49.6 Å². The van der Waals surface area contributed by atoms with Crippen molar-refractivity contribution in [3.63, 3.8) is 0 Å². The molecule has 3 N–H and O–H groups in total. The third-order valence-electron chi connectivity index (χ3n) is 4.22. The van der Waals surface area contributed by atoms with Gasteiger partial charge in [0.1, 0.15) is 5.75 Å². The number of methoxy groups -OCH3 is 1. The van der Waals surface area contributed by atoms with Crippen LogP contribution in [0.2, 0.25) is 5.02 Å². The number of benzene rings is 3. The van der Waals surface area contributed by atoms with Crippen molar-refractivity contribution >= 4 is 56.0 Å². The van der Waals surface area contributed by atoms with Crippen molar-refractivity contribution in [2.24, 2.45) is 0 Å². The normalized spacial score (nSPS) is 10.9. The Balaban J connectivity index is 1.69. The number of ether oxygens (including phenoxy) is 1. The fraction of sp³-hybridized carbons (Fsp3) is 0.0952. The molecule has 30 heavy (non-hydrogen) atoms. The molecule has 0 bridgehead atoms. The number of para-hydroxylation sites is 1. The molecular weight excluding hydrogens is 442 g/mol. The van der Waals surface area contributed by atoms with Crippen molar-refractivity contribution in [3.05, 3.63) is 77.3 Å². The Morgan fingerprint density at radius 3 is 2.33 bits per heavy atom. The molecule has 0 spiro atoms. The molecule has 6 nitrogen and oxygen atoms in total. The van der Waals surface area contributed by atoms with Crippen molar-refractivity contribution in [2.45, 2.75) is 11.8 Å². The number of hydrogen-bond acceptors (Lipinski definition) is 4. The van der Waals surface area contributed by atoms with Gasteiger partial charge in [-0.3, -0.25) is 4.72 Å². The van der Waals surface area contributed by atoms with Crippen LogP contribution in [-0.2, 0) is 10.0 Å². The highest BCUT2D eigenvalue weighted by molar-refractivity contribution is 7.92. The molecule has 0 amide bonds. The van der Waals surface area contributed by atoms with Gasteiger partial charge in [-0.15, -0.1) is 0 Å².